The number of nitrogens with one attached hydrogen (secondary N) is 3. The van der Waals surface area contributed by atoms with Gasteiger partial charge in [-0.3, -0.25) is 14.4 Å². The Balaban J connectivity index is 0.00000420. The van der Waals surface area contributed by atoms with Gasteiger partial charge in [0.1, 0.15) is 6.04 Å². The average Bonchev–Trinajstić information content (AvgIpc) is 2.66. The Kier molecular flexibility index (Phi) is 11.0. The van der Waals surface area contributed by atoms with E-state index in [1.54, 1.807) is 4.90 Å². The number of halogens is 1. The summed E-state index contributed by atoms with van der Waals surface area (Å²) in [6.07, 6.45) is 4.91. The van der Waals surface area contributed by atoms with Crippen LogP contribution >= 0.6 is 12.4 Å². The van der Waals surface area contributed by atoms with Crippen LogP contribution in [0.15, 0.2) is 0 Å². The summed E-state index contributed by atoms with van der Waals surface area (Å²) in [6, 6.07) is -1.43. The second kappa shape index (κ2) is 12.6. The van der Waals surface area contributed by atoms with Crippen molar-refractivity contribution in [1.29, 1.82) is 0 Å². The number of likely N-dealkylation sites (tertiary alicyclic amines) is 1. The molecule has 0 aliphatic carbocycles. The van der Waals surface area contributed by atoms with Crippen LogP contribution in [0.3, 0.4) is 0 Å². The maximum absolute atomic E-state index is 12.5. The summed E-state index contributed by atoms with van der Waals surface area (Å²) in [4.78, 5) is 48.7. The zero-order chi connectivity index (χ0) is 20.5. The third-order valence-corrected chi connectivity index (χ3v) is 5.43. The van der Waals surface area contributed by atoms with E-state index in [4.69, 9.17) is 5.11 Å². The van der Waals surface area contributed by atoms with E-state index in [0.29, 0.717) is 25.4 Å². The van der Waals surface area contributed by atoms with Crippen molar-refractivity contribution >= 4 is 36.1 Å². The van der Waals surface area contributed by atoms with E-state index in [1.165, 1.54) is 6.92 Å². The Morgan fingerprint density at radius 2 is 1.86 bits per heavy atom. The Bertz CT molecular complexity index is 583. The van der Waals surface area contributed by atoms with Crippen molar-refractivity contribution in [1.82, 2.24) is 20.9 Å². The summed E-state index contributed by atoms with van der Waals surface area (Å²) in [5.74, 6) is -1.45. The van der Waals surface area contributed by atoms with Crippen LogP contribution in [0.4, 0.5) is 0 Å². The van der Waals surface area contributed by atoms with Crippen LogP contribution in [-0.4, -0.2) is 72.0 Å². The van der Waals surface area contributed by atoms with E-state index in [0.717, 1.165) is 45.2 Å². The monoisotopic (exact) mass is 432 g/mol. The third kappa shape index (κ3) is 8.99. The molecule has 10 heteroatoms. The standard InChI is InChI=1S/C19H32N4O5.ClH/c1-13(24)21-16(19(27)28)11-17(25)22-15-3-2-10-23(12-15)18(26)5-4-14-6-8-20-9-7-14;/h14-16,20H,2-12H2,1H3,(H,21,24)(H,22,25)(H,27,28);1H. The molecule has 166 valence electrons. The van der Waals surface area contributed by atoms with Gasteiger partial charge in [0, 0.05) is 32.5 Å². The van der Waals surface area contributed by atoms with Crippen molar-refractivity contribution in [2.24, 2.45) is 5.92 Å². The molecule has 2 heterocycles. The lowest BCUT2D eigenvalue weighted by molar-refractivity contribution is -0.143. The summed E-state index contributed by atoms with van der Waals surface area (Å²) in [7, 11) is 0. The molecule has 0 saturated carbocycles. The van der Waals surface area contributed by atoms with Gasteiger partial charge in [-0.05, 0) is 51.1 Å². The number of carbonyl (C=O) groups excluding carboxylic acids is 3. The molecule has 2 atom stereocenters. The molecule has 2 aliphatic heterocycles. The van der Waals surface area contributed by atoms with Gasteiger partial charge < -0.3 is 26.0 Å². The first-order chi connectivity index (χ1) is 13.3. The van der Waals surface area contributed by atoms with Crippen molar-refractivity contribution in [2.75, 3.05) is 26.2 Å². The molecule has 3 amide bonds. The fraction of sp³-hybridized carbons (Fsp3) is 0.789. The fourth-order valence-electron chi connectivity index (χ4n) is 3.90. The lowest BCUT2D eigenvalue weighted by Crippen LogP contribution is -2.51. The number of carbonyl (C=O) groups is 4. The second-order valence-corrected chi connectivity index (χ2v) is 7.77. The molecular formula is C19H33ClN4O5. The first-order valence-electron chi connectivity index (χ1n) is 10.1. The summed E-state index contributed by atoms with van der Waals surface area (Å²) in [6.45, 7) is 4.40. The molecule has 0 aromatic carbocycles. The molecule has 0 aromatic heterocycles. The molecule has 0 radical (unpaired) electrons. The van der Waals surface area contributed by atoms with Crippen LogP contribution in [0, 0.1) is 5.92 Å². The number of rotatable bonds is 8. The van der Waals surface area contributed by atoms with E-state index in [2.05, 4.69) is 16.0 Å². The number of hydrogen-bond donors (Lipinski definition) is 4. The molecular weight excluding hydrogens is 400 g/mol. The lowest BCUT2D eigenvalue weighted by atomic mass is 9.93. The molecule has 29 heavy (non-hydrogen) atoms. The molecule has 9 nitrogen and oxygen atoms in total. The normalized spacial score (nSPS) is 20.9. The molecule has 2 saturated heterocycles. The zero-order valence-electron chi connectivity index (χ0n) is 16.9. The number of nitrogens with zero attached hydrogens (tertiary/aromatic N) is 1. The summed E-state index contributed by atoms with van der Waals surface area (Å²) < 4.78 is 0. The van der Waals surface area contributed by atoms with Crippen molar-refractivity contribution in [2.45, 2.75) is 64.0 Å². The van der Waals surface area contributed by atoms with Crippen molar-refractivity contribution in [3.05, 3.63) is 0 Å². The number of aliphatic carboxylic acids is 1. The van der Waals surface area contributed by atoms with Crippen molar-refractivity contribution in [3.63, 3.8) is 0 Å². The minimum atomic E-state index is -1.25. The van der Waals surface area contributed by atoms with Crippen LogP contribution in [0.25, 0.3) is 0 Å². The molecule has 0 spiro atoms. The predicted molar refractivity (Wildman–Crippen MR) is 110 cm³/mol. The summed E-state index contributed by atoms with van der Waals surface area (Å²) >= 11 is 0. The van der Waals surface area contributed by atoms with E-state index in [9.17, 15) is 19.2 Å². The minimum Gasteiger partial charge on any atom is -0.480 e. The number of carboxylic acid groups (broad SMARTS) is 1. The highest BCUT2D eigenvalue weighted by molar-refractivity contribution is 5.88. The van der Waals surface area contributed by atoms with Crippen LogP contribution in [0.2, 0.25) is 0 Å². The van der Waals surface area contributed by atoms with Gasteiger partial charge in [-0.2, -0.15) is 0 Å². The van der Waals surface area contributed by atoms with Gasteiger partial charge in [-0.1, -0.05) is 0 Å². The Hall–Kier alpha value is -1.87. The van der Waals surface area contributed by atoms with Crippen LogP contribution in [-0.2, 0) is 19.2 Å². The quantitative estimate of drug-likeness (QED) is 0.436. The van der Waals surface area contributed by atoms with Gasteiger partial charge >= 0.3 is 5.97 Å². The SMILES string of the molecule is CC(=O)NC(CC(=O)NC1CCCN(C(=O)CCC2CCNCC2)C1)C(=O)O.Cl. The molecule has 2 unspecified atom stereocenters. The molecule has 4 N–H and O–H groups in total. The van der Waals surface area contributed by atoms with Gasteiger partial charge in [-0.15, -0.1) is 12.4 Å². The van der Waals surface area contributed by atoms with Crippen molar-refractivity contribution in [3.8, 4) is 0 Å². The van der Waals surface area contributed by atoms with Gasteiger partial charge in [0.2, 0.25) is 17.7 Å². The number of piperidine rings is 2. The number of hydrogen-bond acceptors (Lipinski definition) is 5. The fourth-order valence-corrected chi connectivity index (χ4v) is 3.90. The molecule has 0 aromatic rings. The molecule has 2 fully saturated rings. The highest BCUT2D eigenvalue weighted by atomic mass is 35.5. The van der Waals surface area contributed by atoms with E-state index in [1.807, 2.05) is 0 Å². The van der Waals surface area contributed by atoms with Gasteiger partial charge in [0.15, 0.2) is 0 Å². The molecule has 0 bridgehead atoms. The third-order valence-electron chi connectivity index (χ3n) is 5.43. The first-order valence-corrected chi connectivity index (χ1v) is 10.1. The Morgan fingerprint density at radius 3 is 2.48 bits per heavy atom. The molecule has 2 aliphatic rings. The first kappa shape index (κ1) is 25.2. The summed E-state index contributed by atoms with van der Waals surface area (Å²) in [5, 5.41) is 17.5. The topological polar surface area (TPSA) is 128 Å². The highest BCUT2D eigenvalue weighted by Crippen LogP contribution is 2.19. The van der Waals surface area contributed by atoms with E-state index < -0.39 is 23.8 Å². The van der Waals surface area contributed by atoms with Gasteiger partial charge in [0.05, 0.1) is 6.42 Å². The predicted octanol–water partition coefficient (Wildman–Crippen LogP) is 0.275. The zero-order valence-corrected chi connectivity index (χ0v) is 17.8. The highest BCUT2D eigenvalue weighted by Gasteiger charge is 2.27. The van der Waals surface area contributed by atoms with Crippen LogP contribution < -0.4 is 16.0 Å². The maximum atomic E-state index is 12.5. The van der Waals surface area contributed by atoms with E-state index >= 15 is 0 Å². The van der Waals surface area contributed by atoms with Crippen LogP contribution in [0.1, 0.15) is 51.9 Å². The maximum Gasteiger partial charge on any atom is 0.326 e. The van der Waals surface area contributed by atoms with E-state index in [-0.39, 0.29) is 30.8 Å². The largest absolute Gasteiger partial charge is 0.480 e. The Labute approximate surface area is 177 Å². The smallest absolute Gasteiger partial charge is 0.326 e. The van der Waals surface area contributed by atoms with Crippen molar-refractivity contribution < 1.29 is 24.3 Å². The minimum absolute atomic E-state index is 0. The number of amides is 3. The van der Waals surface area contributed by atoms with Crippen LogP contribution in [0.5, 0.6) is 0 Å². The van der Waals surface area contributed by atoms with Gasteiger partial charge in [0.25, 0.3) is 0 Å². The van der Waals surface area contributed by atoms with Gasteiger partial charge in [-0.25, -0.2) is 4.79 Å². The number of carboxylic acids is 1. The average molecular weight is 433 g/mol. The lowest BCUT2D eigenvalue weighted by Gasteiger charge is -2.34. The Morgan fingerprint density at radius 1 is 1.17 bits per heavy atom. The second-order valence-electron chi connectivity index (χ2n) is 7.77. The summed E-state index contributed by atoms with van der Waals surface area (Å²) in [5.41, 5.74) is 0. The molecule has 2 rings (SSSR count).